The third-order valence-electron chi connectivity index (χ3n) is 4.02. The molecule has 3 rings (SSSR count). The van der Waals surface area contributed by atoms with Crippen LogP contribution in [0.3, 0.4) is 0 Å². The molecule has 0 bridgehead atoms. The van der Waals surface area contributed by atoms with Crippen LogP contribution in [-0.4, -0.2) is 41.6 Å². The Hall–Kier alpha value is -3.65. The molecule has 0 saturated carbocycles. The molecule has 0 spiro atoms. The zero-order chi connectivity index (χ0) is 20.8. The molecule has 0 aliphatic carbocycles. The Balaban J connectivity index is 1.74. The molecule has 0 unspecified atom stereocenters. The highest BCUT2D eigenvalue weighted by molar-refractivity contribution is 6.30. The highest BCUT2D eigenvalue weighted by atomic mass is 35.5. The van der Waals surface area contributed by atoms with Crippen LogP contribution in [0, 0.1) is 0 Å². The molecule has 0 atom stereocenters. The third kappa shape index (κ3) is 4.99. The number of aromatic nitrogens is 2. The number of carbonyl (C=O) groups is 3. The number of nitrogens with zero attached hydrogens (tertiary/aromatic N) is 1. The Labute approximate surface area is 171 Å². The van der Waals surface area contributed by atoms with Crippen molar-refractivity contribution < 1.29 is 19.1 Å². The van der Waals surface area contributed by atoms with Crippen molar-refractivity contribution in [2.24, 2.45) is 0 Å². The SMILES string of the molecule is COC(=O)CNC(=O)c1cccc(NC(=O)c2cn[nH]c2-c2ccc(Cl)cc2)c1. The lowest BCUT2D eigenvalue weighted by Crippen LogP contribution is -2.30. The van der Waals surface area contributed by atoms with E-state index in [1.807, 2.05) is 0 Å². The maximum Gasteiger partial charge on any atom is 0.325 e. The van der Waals surface area contributed by atoms with Gasteiger partial charge in [-0.25, -0.2) is 0 Å². The number of esters is 1. The molecule has 0 fully saturated rings. The van der Waals surface area contributed by atoms with Gasteiger partial charge in [0.25, 0.3) is 11.8 Å². The largest absolute Gasteiger partial charge is 0.468 e. The second-order valence-electron chi connectivity index (χ2n) is 5.96. The van der Waals surface area contributed by atoms with Gasteiger partial charge in [-0.2, -0.15) is 5.10 Å². The van der Waals surface area contributed by atoms with E-state index in [-0.39, 0.29) is 12.1 Å². The number of hydrogen-bond acceptors (Lipinski definition) is 5. The Kier molecular flexibility index (Phi) is 6.25. The average Bonchev–Trinajstić information content (AvgIpc) is 3.22. The normalized spacial score (nSPS) is 10.3. The number of aromatic amines is 1. The Morgan fingerprint density at radius 2 is 1.86 bits per heavy atom. The van der Waals surface area contributed by atoms with Gasteiger partial charge in [-0.1, -0.05) is 29.8 Å². The van der Waals surface area contributed by atoms with Gasteiger partial charge >= 0.3 is 5.97 Å². The molecule has 0 radical (unpaired) electrons. The summed E-state index contributed by atoms with van der Waals surface area (Å²) in [5, 5.41) is 12.5. The minimum absolute atomic E-state index is 0.245. The molecule has 3 aromatic rings. The molecule has 148 valence electrons. The molecule has 0 saturated heterocycles. The van der Waals surface area contributed by atoms with Crippen LogP contribution in [0.2, 0.25) is 5.02 Å². The molecule has 0 aliphatic rings. The lowest BCUT2D eigenvalue weighted by atomic mass is 10.1. The summed E-state index contributed by atoms with van der Waals surface area (Å²) in [4.78, 5) is 36.0. The fraction of sp³-hybridized carbons (Fsp3) is 0.100. The van der Waals surface area contributed by atoms with Crippen LogP contribution in [0.15, 0.2) is 54.7 Å². The molecule has 1 heterocycles. The van der Waals surface area contributed by atoms with Gasteiger partial charge < -0.3 is 15.4 Å². The number of nitrogens with one attached hydrogen (secondary N) is 3. The minimum Gasteiger partial charge on any atom is -0.468 e. The molecule has 3 N–H and O–H groups in total. The van der Waals surface area contributed by atoms with Crippen molar-refractivity contribution in [3.05, 3.63) is 70.9 Å². The second kappa shape index (κ2) is 9.03. The van der Waals surface area contributed by atoms with Gasteiger partial charge in [-0.3, -0.25) is 19.5 Å². The highest BCUT2D eigenvalue weighted by Crippen LogP contribution is 2.24. The zero-order valence-corrected chi connectivity index (χ0v) is 16.1. The van der Waals surface area contributed by atoms with Crippen LogP contribution in [0.5, 0.6) is 0 Å². The summed E-state index contributed by atoms with van der Waals surface area (Å²) in [6, 6.07) is 13.3. The summed E-state index contributed by atoms with van der Waals surface area (Å²) >= 11 is 5.91. The fourth-order valence-electron chi connectivity index (χ4n) is 2.56. The number of methoxy groups -OCH3 is 1. The van der Waals surface area contributed by atoms with Gasteiger partial charge in [0.2, 0.25) is 0 Å². The van der Waals surface area contributed by atoms with Gasteiger partial charge in [-0.15, -0.1) is 0 Å². The summed E-state index contributed by atoms with van der Waals surface area (Å²) in [6.07, 6.45) is 1.42. The Morgan fingerprint density at radius 3 is 2.59 bits per heavy atom. The Morgan fingerprint density at radius 1 is 1.10 bits per heavy atom. The molecule has 9 heteroatoms. The van der Waals surface area contributed by atoms with E-state index in [2.05, 4.69) is 25.6 Å². The fourth-order valence-corrected chi connectivity index (χ4v) is 2.68. The van der Waals surface area contributed by atoms with Crippen molar-refractivity contribution in [1.82, 2.24) is 15.5 Å². The van der Waals surface area contributed by atoms with Crippen molar-refractivity contribution in [1.29, 1.82) is 0 Å². The number of ether oxygens (including phenoxy) is 1. The van der Waals surface area contributed by atoms with Crippen LogP contribution in [-0.2, 0) is 9.53 Å². The topological polar surface area (TPSA) is 113 Å². The standard InChI is InChI=1S/C20H17ClN4O4/c1-29-17(26)11-22-19(27)13-3-2-4-15(9-13)24-20(28)16-10-23-25-18(16)12-5-7-14(21)8-6-12/h2-10H,11H2,1H3,(H,22,27)(H,23,25)(H,24,28). The van der Waals surface area contributed by atoms with Gasteiger partial charge in [0, 0.05) is 21.8 Å². The molecule has 1 aromatic heterocycles. The number of hydrogen-bond donors (Lipinski definition) is 3. The number of halogens is 1. The number of anilines is 1. The maximum atomic E-state index is 12.7. The molecule has 0 aliphatic heterocycles. The lowest BCUT2D eigenvalue weighted by Gasteiger charge is -2.08. The third-order valence-corrected chi connectivity index (χ3v) is 4.27. The van der Waals surface area contributed by atoms with E-state index in [0.717, 1.165) is 5.56 Å². The van der Waals surface area contributed by atoms with E-state index >= 15 is 0 Å². The molecule has 8 nitrogen and oxygen atoms in total. The first-order valence-corrected chi connectivity index (χ1v) is 8.91. The Bertz CT molecular complexity index is 1050. The first-order valence-electron chi connectivity index (χ1n) is 8.53. The number of rotatable bonds is 6. The quantitative estimate of drug-likeness (QED) is 0.539. The number of benzene rings is 2. The smallest absolute Gasteiger partial charge is 0.325 e. The molecular weight excluding hydrogens is 396 g/mol. The van der Waals surface area contributed by atoms with Crippen molar-refractivity contribution >= 4 is 35.1 Å². The van der Waals surface area contributed by atoms with Crippen molar-refractivity contribution in [2.45, 2.75) is 0 Å². The van der Waals surface area contributed by atoms with Gasteiger partial charge in [0.15, 0.2) is 0 Å². The van der Waals surface area contributed by atoms with Crippen LogP contribution in [0.1, 0.15) is 20.7 Å². The van der Waals surface area contributed by atoms with Gasteiger partial charge in [0.1, 0.15) is 6.54 Å². The number of H-pyrrole nitrogens is 1. The molecule has 29 heavy (non-hydrogen) atoms. The van der Waals surface area contributed by atoms with Crippen LogP contribution < -0.4 is 10.6 Å². The van der Waals surface area contributed by atoms with Gasteiger partial charge in [0.05, 0.1) is 24.6 Å². The van der Waals surface area contributed by atoms with Gasteiger partial charge in [-0.05, 0) is 30.3 Å². The number of amides is 2. The number of carbonyl (C=O) groups excluding carboxylic acids is 3. The summed E-state index contributed by atoms with van der Waals surface area (Å²) < 4.78 is 4.48. The first kappa shape index (κ1) is 20.1. The van der Waals surface area contributed by atoms with E-state index in [4.69, 9.17) is 11.6 Å². The maximum absolute atomic E-state index is 12.7. The average molecular weight is 413 g/mol. The summed E-state index contributed by atoms with van der Waals surface area (Å²) in [5.41, 5.74) is 2.35. The first-order chi connectivity index (χ1) is 14.0. The molecular formula is C20H17ClN4O4. The van der Waals surface area contributed by atoms with E-state index in [1.54, 1.807) is 42.5 Å². The molecule has 2 aromatic carbocycles. The monoisotopic (exact) mass is 412 g/mol. The van der Waals surface area contributed by atoms with Crippen molar-refractivity contribution in [2.75, 3.05) is 19.0 Å². The van der Waals surface area contributed by atoms with E-state index in [1.165, 1.54) is 19.4 Å². The summed E-state index contributed by atoms with van der Waals surface area (Å²) in [7, 11) is 1.23. The van der Waals surface area contributed by atoms with E-state index < -0.39 is 17.8 Å². The summed E-state index contributed by atoms with van der Waals surface area (Å²) in [5.74, 6) is -1.41. The lowest BCUT2D eigenvalue weighted by molar-refractivity contribution is -0.139. The van der Waals surface area contributed by atoms with Crippen LogP contribution >= 0.6 is 11.6 Å². The molecule has 2 amide bonds. The van der Waals surface area contributed by atoms with Crippen molar-refractivity contribution in [3.8, 4) is 11.3 Å². The van der Waals surface area contributed by atoms with Crippen LogP contribution in [0.25, 0.3) is 11.3 Å². The predicted octanol–water partition coefficient (Wildman–Crippen LogP) is 2.89. The minimum atomic E-state index is -0.558. The van der Waals surface area contributed by atoms with Crippen molar-refractivity contribution in [3.63, 3.8) is 0 Å². The second-order valence-corrected chi connectivity index (χ2v) is 6.40. The predicted molar refractivity (Wildman–Crippen MR) is 108 cm³/mol. The van der Waals surface area contributed by atoms with E-state index in [0.29, 0.717) is 22.0 Å². The van der Waals surface area contributed by atoms with Crippen LogP contribution in [0.4, 0.5) is 5.69 Å². The van der Waals surface area contributed by atoms with E-state index in [9.17, 15) is 14.4 Å². The zero-order valence-electron chi connectivity index (χ0n) is 15.4. The highest BCUT2D eigenvalue weighted by Gasteiger charge is 2.16. The summed E-state index contributed by atoms with van der Waals surface area (Å²) in [6.45, 7) is -0.245.